The Morgan fingerprint density at radius 3 is 2.30 bits per heavy atom. The minimum absolute atomic E-state index is 0.271. The van der Waals surface area contributed by atoms with Gasteiger partial charge in [-0.3, -0.25) is 0 Å². The van der Waals surface area contributed by atoms with Crippen molar-refractivity contribution >= 4 is 24.0 Å². The maximum atomic E-state index is 11.7. The van der Waals surface area contributed by atoms with Crippen LogP contribution in [0.2, 0.25) is 0 Å². The van der Waals surface area contributed by atoms with Gasteiger partial charge in [0.1, 0.15) is 0 Å². The molecule has 0 aliphatic heterocycles. The summed E-state index contributed by atoms with van der Waals surface area (Å²) >= 11 is 4.22. The molecule has 0 amide bonds. The Kier molecular flexibility index (Phi) is 1.91. The first-order valence-electron chi connectivity index (χ1n) is 2.22. The van der Waals surface area contributed by atoms with Crippen molar-refractivity contribution in [3.63, 3.8) is 0 Å². The van der Waals surface area contributed by atoms with Crippen molar-refractivity contribution in [1.29, 1.82) is 0 Å². The van der Waals surface area contributed by atoms with Crippen molar-refractivity contribution in [2.45, 2.75) is 10.4 Å². The van der Waals surface area contributed by atoms with Crippen molar-refractivity contribution in [3.05, 3.63) is 11.2 Å². The number of rotatable bonds is 0. The lowest BCUT2D eigenvalue weighted by atomic mass is 10.7. The summed E-state index contributed by atoms with van der Waals surface area (Å²) in [6, 6.07) is 0. The van der Waals surface area contributed by atoms with E-state index in [0.29, 0.717) is 11.3 Å². The molecule has 1 rings (SSSR count). The highest BCUT2D eigenvalue weighted by molar-refractivity contribution is 7.82. The van der Waals surface area contributed by atoms with Crippen molar-refractivity contribution in [2.75, 3.05) is 0 Å². The van der Waals surface area contributed by atoms with Crippen LogP contribution in [0.4, 0.5) is 13.2 Å². The normalized spacial score (nSPS) is 12.0. The second-order valence-corrected chi connectivity index (χ2v) is 3.32. The largest absolute Gasteiger partial charge is 0.443 e. The average molecular weight is 185 g/mol. The van der Waals surface area contributed by atoms with E-state index in [2.05, 4.69) is 17.6 Å². The standard InChI is InChI=1S/C4H2F3NS2/c5-4(6,7)3-8-1-2(9)10-3/h1,9H. The second kappa shape index (κ2) is 2.43. The summed E-state index contributed by atoms with van der Waals surface area (Å²) in [6.45, 7) is 0. The third-order valence-corrected chi connectivity index (χ3v) is 1.97. The lowest BCUT2D eigenvalue weighted by Gasteiger charge is -1.97. The molecule has 0 spiro atoms. The molecule has 0 unspecified atom stereocenters. The minimum Gasteiger partial charge on any atom is -0.239 e. The molecular weight excluding hydrogens is 183 g/mol. The average Bonchev–Trinajstić information content (AvgIpc) is 2.11. The first-order valence-corrected chi connectivity index (χ1v) is 3.48. The Bertz CT molecular complexity index is 229. The van der Waals surface area contributed by atoms with Crippen LogP contribution < -0.4 is 0 Å². The number of alkyl halides is 3. The van der Waals surface area contributed by atoms with Gasteiger partial charge in [-0.05, 0) is 0 Å². The molecule has 0 N–H and O–H groups in total. The van der Waals surface area contributed by atoms with Gasteiger partial charge in [-0.2, -0.15) is 13.2 Å². The van der Waals surface area contributed by atoms with E-state index in [1.807, 2.05) is 0 Å². The molecule has 0 radical (unpaired) electrons. The van der Waals surface area contributed by atoms with E-state index in [1.165, 1.54) is 0 Å². The Labute approximate surface area is 64.3 Å². The van der Waals surface area contributed by atoms with Crippen LogP contribution >= 0.6 is 24.0 Å². The number of halogens is 3. The fourth-order valence-electron chi connectivity index (χ4n) is 0.397. The first kappa shape index (κ1) is 7.87. The van der Waals surface area contributed by atoms with Crippen LogP contribution in [0.5, 0.6) is 0 Å². The van der Waals surface area contributed by atoms with Crippen LogP contribution in [0.15, 0.2) is 10.4 Å². The molecule has 0 atom stereocenters. The molecule has 0 aliphatic carbocycles. The molecule has 0 fully saturated rings. The summed E-state index contributed by atoms with van der Waals surface area (Å²) in [5, 5.41) is -0.850. The lowest BCUT2D eigenvalue weighted by Crippen LogP contribution is -2.02. The highest BCUT2D eigenvalue weighted by Gasteiger charge is 2.34. The zero-order valence-corrected chi connectivity index (χ0v) is 6.22. The second-order valence-electron chi connectivity index (χ2n) is 1.50. The Hall–Kier alpha value is -0.230. The van der Waals surface area contributed by atoms with E-state index in [0.717, 1.165) is 6.20 Å². The van der Waals surface area contributed by atoms with Gasteiger partial charge in [0.2, 0.25) is 0 Å². The summed E-state index contributed by atoms with van der Waals surface area (Å²) in [4.78, 5) is 3.10. The van der Waals surface area contributed by atoms with Crippen LogP contribution in [-0.2, 0) is 6.18 Å². The van der Waals surface area contributed by atoms with Gasteiger partial charge >= 0.3 is 6.18 Å². The molecule has 1 heterocycles. The maximum absolute atomic E-state index is 11.7. The first-order chi connectivity index (χ1) is 4.50. The van der Waals surface area contributed by atoms with Crippen molar-refractivity contribution in [2.24, 2.45) is 0 Å². The topological polar surface area (TPSA) is 12.9 Å². The number of aromatic nitrogens is 1. The quantitative estimate of drug-likeness (QED) is 0.612. The number of thiazole rings is 1. The molecule has 1 nitrogen and oxygen atoms in total. The fourth-order valence-corrected chi connectivity index (χ4v) is 1.24. The van der Waals surface area contributed by atoms with Gasteiger partial charge in [-0.15, -0.1) is 24.0 Å². The molecule has 0 saturated carbocycles. The molecule has 56 valence electrons. The molecule has 10 heavy (non-hydrogen) atoms. The smallest absolute Gasteiger partial charge is 0.239 e. The predicted molar refractivity (Wildman–Crippen MR) is 34.4 cm³/mol. The molecule has 1 aromatic rings. The van der Waals surface area contributed by atoms with E-state index in [-0.39, 0.29) is 4.21 Å². The zero-order valence-electron chi connectivity index (χ0n) is 4.51. The number of nitrogens with zero attached hydrogens (tertiary/aromatic N) is 1. The van der Waals surface area contributed by atoms with Crippen LogP contribution in [0.3, 0.4) is 0 Å². The predicted octanol–water partition coefficient (Wildman–Crippen LogP) is 2.45. The Morgan fingerprint density at radius 1 is 1.50 bits per heavy atom. The highest BCUT2D eigenvalue weighted by Crippen LogP contribution is 2.33. The van der Waals surface area contributed by atoms with Crippen LogP contribution in [0.1, 0.15) is 5.01 Å². The number of hydrogen-bond donors (Lipinski definition) is 1. The molecule has 0 aliphatic rings. The van der Waals surface area contributed by atoms with Crippen LogP contribution in [0, 0.1) is 0 Å². The molecular formula is C4H2F3NS2. The van der Waals surface area contributed by atoms with Gasteiger partial charge in [0.05, 0.1) is 10.4 Å². The van der Waals surface area contributed by atoms with Crippen molar-refractivity contribution in [1.82, 2.24) is 4.98 Å². The van der Waals surface area contributed by atoms with Gasteiger partial charge in [0.25, 0.3) is 0 Å². The van der Waals surface area contributed by atoms with E-state index in [4.69, 9.17) is 0 Å². The van der Waals surface area contributed by atoms with Crippen molar-refractivity contribution < 1.29 is 13.2 Å². The SMILES string of the molecule is FC(F)(F)c1ncc(S)s1. The van der Waals surface area contributed by atoms with Gasteiger partial charge in [0.15, 0.2) is 5.01 Å². The highest BCUT2D eigenvalue weighted by atomic mass is 32.2. The van der Waals surface area contributed by atoms with Gasteiger partial charge in [-0.1, -0.05) is 0 Å². The summed E-state index contributed by atoms with van der Waals surface area (Å²) in [5.74, 6) is 0. The summed E-state index contributed by atoms with van der Waals surface area (Å²) in [6.07, 6.45) is -3.25. The van der Waals surface area contributed by atoms with Gasteiger partial charge in [-0.25, -0.2) is 4.98 Å². The monoisotopic (exact) mass is 185 g/mol. The van der Waals surface area contributed by atoms with Crippen molar-refractivity contribution in [3.8, 4) is 0 Å². The number of thiol groups is 1. The van der Waals surface area contributed by atoms with Crippen LogP contribution in [0.25, 0.3) is 0 Å². The Morgan fingerprint density at radius 2 is 2.10 bits per heavy atom. The molecule has 0 saturated heterocycles. The van der Waals surface area contributed by atoms with Crippen LogP contribution in [-0.4, -0.2) is 4.98 Å². The minimum atomic E-state index is -4.33. The van der Waals surface area contributed by atoms with Gasteiger partial charge < -0.3 is 0 Å². The molecule has 0 aromatic carbocycles. The zero-order chi connectivity index (χ0) is 7.78. The fraction of sp³-hybridized carbons (Fsp3) is 0.250. The maximum Gasteiger partial charge on any atom is 0.443 e. The summed E-state index contributed by atoms with van der Waals surface area (Å²) in [7, 11) is 0. The van der Waals surface area contributed by atoms with E-state index >= 15 is 0 Å². The Balaban J connectivity index is 2.96. The third kappa shape index (κ3) is 1.63. The lowest BCUT2D eigenvalue weighted by molar-refractivity contribution is -0.137. The summed E-state index contributed by atoms with van der Waals surface area (Å²) in [5.41, 5.74) is 0. The van der Waals surface area contributed by atoms with Gasteiger partial charge in [0, 0.05) is 0 Å². The summed E-state index contributed by atoms with van der Waals surface area (Å²) < 4.78 is 35.4. The third-order valence-electron chi connectivity index (χ3n) is 0.736. The van der Waals surface area contributed by atoms with E-state index < -0.39 is 11.2 Å². The molecule has 0 bridgehead atoms. The number of hydrogen-bond acceptors (Lipinski definition) is 3. The van der Waals surface area contributed by atoms with E-state index in [9.17, 15) is 13.2 Å². The molecule has 1 aromatic heterocycles. The van der Waals surface area contributed by atoms with E-state index in [1.54, 1.807) is 0 Å². The molecule has 6 heteroatoms.